The summed E-state index contributed by atoms with van der Waals surface area (Å²) in [5.74, 6) is -2.47. The molecule has 0 spiro atoms. The van der Waals surface area contributed by atoms with Gasteiger partial charge in [-0.25, -0.2) is 13.2 Å². The zero-order valence-corrected chi connectivity index (χ0v) is 18.2. The maximum absolute atomic E-state index is 13.7. The summed E-state index contributed by atoms with van der Waals surface area (Å²) in [5.41, 5.74) is 4.61. The fourth-order valence-corrected chi connectivity index (χ4v) is 4.73. The third-order valence-corrected chi connectivity index (χ3v) is 6.41. The number of fused-ring (bicyclic) bond motifs is 1. The highest BCUT2D eigenvalue weighted by Gasteiger charge is 2.35. The van der Waals surface area contributed by atoms with Crippen LogP contribution in [0.2, 0.25) is 0 Å². The molecule has 172 valence electrons. The zero-order chi connectivity index (χ0) is 23.2. The van der Waals surface area contributed by atoms with Crippen molar-refractivity contribution in [3.05, 3.63) is 54.0 Å². The molecule has 1 aromatic heterocycles. The van der Waals surface area contributed by atoms with Gasteiger partial charge in [0.05, 0.1) is 17.1 Å². The number of nitrogens with one attached hydrogen (secondary N) is 1. The molecule has 0 atom stereocenters. The number of alkyl halides is 2. The standard InChI is InChI=1S/C25H24F3N3O2/c1-15-23(18-4-7-21-20(12-18)29-22(32)14-33-21)24(17-2-5-19(26)6-3-17)31(30-15)13-16-8-10-25(27,28)11-9-16/h2-7,12,16H,8-11,13-14H2,1H3,(H,29,32). The van der Waals surface area contributed by atoms with Crippen LogP contribution in [0.3, 0.4) is 0 Å². The fraction of sp³-hybridized carbons (Fsp3) is 0.360. The zero-order valence-electron chi connectivity index (χ0n) is 18.2. The number of benzene rings is 2. The second-order valence-electron chi connectivity index (χ2n) is 8.85. The number of aryl methyl sites for hydroxylation is 1. The molecule has 1 fully saturated rings. The number of rotatable bonds is 4. The van der Waals surface area contributed by atoms with Gasteiger partial charge in [0.15, 0.2) is 6.61 Å². The van der Waals surface area contributed by atoms with E-state index in [0.29, 0.717) is 30.8 Å². The van der Waals surface area contributed by atoms with Gasteiger partial charge in [-0.15, -0.1) is 0 Å². The number of halogens is 3. The van der Waals surface area contributed by atoms with Crippen molar-refractivity contribution in [2.45, 2.75) is 45.1 Å². The van der Waals surface area contributed by atoms with Crippen molar-refractivity contribution in [2.24, 2.45) is 5.92 Å². The van der Waals surface area contributed by atoms with E-state index in [-0.39, 0.29) is 37.1 Å². The summed E-state index contributed by atoms with van der Waals surface area (Å²) < 4.78 is 48.3. The van der Waals surface area contributed by atoms with Crippen molar-refractivity contribution in [1.29, 1.82) is 0 Å². The third-order valence-electron chi connectivity index (χ3n) is 6.41. The Morgan fingerprint density at radius 1 is 1.12 bits per heavy atom. The van der Waals surface area contributed by atoms with Crippen LogP contribution in [0, 0.1) is 18.7 Å². The number of hydrogen-bond donors (Lipinski definition) is 1. The Kier molecular flexibility index (Phi) is 5.38. The summed E-state index contributed by atoms with van der Waals surface area (Å²) >= 11 is 0. The third kappa shape index (κ3) is 4.34. The Balaban J connectivity index is 1.57. The van der Waals surface area contributed by atoms with Gasteiger partial charge in [0, 0.05) is 30.5 Å². The van der Waals surface area contributed by atoms with Crippen molar-refractivity contribution < 1.29 is 22.7 Å². The van der Waals surface area contributed by atoms with E-state index in [9.17, 15) is 18.0 Å². The number of nitrogens with zero attached hydrogens (tertiary/aromatic N) is 2. The molecule has 33 heavy (non-hydrogen) atoms. The van der Waals surface area contributed by atoms with E-state index in [4.69, 9.17) is 9.84 Å². The van der Waals surface area contributed by atoms with Gasteiger partial charge in [-0.2, -0.15) is 5.10 Å². The lowest BCUT2D eigenvalue weighted by Crippen LogP contribution is -2.27. The van der Waals surface area contributed by atoms with Gasteiger partial charge >= 0.3 is 0 Å². The molecule has 0 unspecified atom stereocenters. The normalized spacial score (nSPS) is 17.9. The smallest absolute Gasteiger partial charge is 0.262 e. The van der Waals surface area contributed by atoms with E-state index in [1.165, 1.54) is 12.1 Å². The highest BCUT2D eigenvalue weighted by atomic mass is 19.3. The van der Waals surface area contributed by atoms with Crippen LogP contribution in [0.1, 0.15) is 31.4 Å². The predicted molar refractivity (Wildman–Crippen MR) is 119 cm³/mol. The van der Waals surface area contributed by atoms with Gasteiger partial charge in [0.2, 0.25) is 5.92 Å². The van der Waals surface area contributed by atoms with Crippen LogP contribution in [0.5, 0.6) is 5.75 Å². The number of aromatic nitrogens is 2. The molecule has 2 aliphatic rings. The topological polar surface area (TPSA) is 56.2 Å². The number of carbonyl (C=O) groups excluding carboxylic acids is 1. The lowest BCUT2D eigenvalue weighted by molar-refractivity contribution is -0.118. The Morgan fingerprint density at radius 2 is 1.82 bits per heavy atom. The van der Waals surface area contributed by atoms with Crippen molar-refractivity contribution in [3.63, 3.8) is 0 Å². The molecule has 1 amide bonds. The molecule has 0 saturated heterocycles. The minimum absolute atomic E-state index is 0.0232. The lowest BCUT2D eigenvalue weighted by Gasteiger charge is -2.28. The molecular weight excluding hydrogens is 431 g/mol. The number of carbonyl (C=O) groups is 1. The van der Waals surface area contributed by atoms with E-state index >= 15 is 0 Å². The molecule has 1 aliphatic carbocycles. The minimum Gasteiger partial charge on any atom is -0.482 e. The fourth-order valence-electron chi connectivity index (χ4n) is 4.73. The van der Waals surface area contributed by atoms with Crippen molar-refractivity contribution >= 4 is 11.6 Å². The van der Waals surface area contributed by atoms with Crippen LogP contribution >= 0.6 is 0 Å². The first kappa shape index (κ1) is 21.6. The highest BCUT2D eigenvalue weighted by Crippen LogP contribution is 2.41. The van der Waals surface area contributed by atoms with Gasteiger partial charge < -0.3 is 10.1 Å². The van der Waals surface area contributed by atoms with Gasteiger partial charge in [-0.3, -0.25) is 9.48 Å². The minimum atomic E-state index is -2.59. The Hall–Kier alpha value is -3.29. The van der Waals surface area contributed by atoms with Crippen molar-refractivity contribution in [2.75, 3.05) is 11.9 Å². The Morgan fingerprint density at radius 3 is 2.55 bits per heavy atom. The molecule has 0 radical (unpaired) electrons. The van der Waals surface area contributed by atoms with E-state index in [1.807, 2.05) is 23.7 Å². The van der Waals surface area contributed by atoms with Crippen LogP contribution in [-0.2, 0) is 11.3 Å². The summed E-state index contributed by atoms with van der Waals surface area (Å²) in [6.45, 7) is 2.38. The average molecular weight is 455 g/mol. The maximum Gasteiger partial charge on any atom is 0.262 e. The van der Waals surface area contributed by atoms with Crippen LogP contribution in [0.25, 0.3) is 22.4 Å². The summed E-state index contributed by atoms with van der Waals surface area (Å²) in [5, 5.41) is 7.58. The first-order valence-corrected chi connectivity index (χ1v) is 11.1. The number of ether oxygens (including phenoxy) is 1. The van der Waals surface area contributed by atoms with Crippen LogP contribution in [0.4, 0.5) is 18.9 Å². The molecule has 1 saturated carbocycles. The summed E-state index contributed by atoms with van der Waals surface area (Å²) in [6.07, 6.45) is 0.654. The molecule has 3 aromatic rings. The highest BCUT2D eigenvalue weighted by molar-refractivity contribution is 5.97. The molecule has 8 heteroatoms. The van der Waals surface area contributed by atoms with Gasteiger partial charge in [-0.05, 0) is 67.6 Å². The largest absolute Gasteiger partial charge is 0.482 e. The molecular formula is C25H24F3N3O2. The van der Waals surface area contributed by atoms with Gasteiger partial charge in [-0.1, -0.05) is 6.07 Å². The van der Waals surface area contributed by atoms with Crippen molar-refractivity contribution in [3.8, 4) is 28.1 Å². The van der Waals surface area contributed by atoms with Crippen LogP contribution in [-0.4, -0.2) is 28.2 Å². The van der Waals surface area contributed by atoms with Gasteiger partial charge in [0.25, 0.3) is 5.91 Å². The van der Waals surface area contributed by atoms with Crippen LogP contribution in [0.15, 0.2) is 42.5 Å². The predicted octanol–water partition coefficient (Wildman–Crippen LogP) is 5.82. The van der Waals surface area contributed by atoms with E-state index in [0.717, 1.165) is 28.1 Å². The van der Waals surface area contributed by atoms with Crippen molar-refractivity contribution in [1.82, 2.24) is 9.78 Å². The number of anilines is 1. The second-order valence-corrected chi connectivity index (χ2v) is 8.85. The number of amides is 1. The SMILES string of the molecule is Cc1nn(CC2CCC(F)(F)CC2)c(-c2ccc(F)cc2)c1-c1ccc2c(c1)NC(=O)CO2. The molecule has 2 aromatic carbocycles. The lowest BCUT2D eigenvalue weighted by atomic mass is 9.86. The summed E-state index contributed by atoms with van der Waals surface area (Å²) in [7, 11) is 0. The molecule has 5 nitrogen and oxygen atoms in total. The molecule has 1 aliphatic heterocycles. The quantitative estimate of drug-likeness (QED) is 0.539. The molecule has 0 bridgehead atoms. The monoisotopic (exact) mass is 455 g/mol. The molecule has 1 N–H and O–H groups in total. The Bertz CT molecular complexity index is 1190. The van der Waals surface area contributed by atoms with Crippen LogP contribution < -0.4 is 10.1 Å². The molecule has 2 heterocycles. The number of hydrogen-bond acceptors (Lipinski definition) is 3. The molecule has 5 rings (SSSR count). The Labute approximate surface area is 189 Å². The first-order valence-electron chi connectivity index (χ1n) is 11.1. The van der Waals surface area contributed by atoms with E-state index in [1.54, 1.807) is 18.2 Å². The average Bonchev–Trinajstić information content (AvgIpc) is 3.10. The first-order chi connectivity index (χ1) is 15.8. The van der Waals surface area contributed by atoms with E-state index in [2.05, 4.69) is 5.32 Å². The summed E-state index contributed by atoms with van der Waals surface area (Å²) in [4.78, 5) is 11.8. The van der Waals surface area contributed by atoms with Gasteiger partial charge in [0.1, 0.15) is 11.6 Å². The second kappa shape index (κ2) is 8.24. The maximum atomic E-state index is 13.7. The van der Waals surface area contributed by atoms with E-state index < -0.39 is 5.92 Å². The summed E-state index contributed by atoms with van der Waals surface area (Å²) in [6, 6.07) is 11.7.